The predicted molar refractivity (Wildman–Crippen MR) is 484 cm³/mol. The van der Waals surface area contributed by atoms with Gasteiger partial charge < -0.3 is 184 Å². The van der Waals surface area contributed by atoms with E-state index in [9.17, 15) is 130 Å². The molecule has 2 aromatic heterocycles. The Labute approximate surface area is 827 Å². The molecule has 6 heterocycles. The number of aliphatic hydroxyl groups excluding tert-OH is 16. The lowest BCUT2D eigenvalue weighted by molar-refractivity contribution is -0.338. The largest absolute Gasteiger partial charge is 0.479 e. The molecule has 0 radical (unpaired) electrons. The zero-order valence-corrected chi connectivity index (χ0v) is 81.3. The Hall–Kier alpha value is -6.80. The lowest BCUT2D eigenvalue weighted by atomic mass is 9.74. The van der Waals surface area contributed by atoms with Gasteiger partial charge in [0.1, 0.15) is 134 Å². The molecule has 12 unspecified atom stereocenters. The van der Waals surface area contributed by atoms with Crippen molar-refractivity contribution in [3.63, 3.8) is 0 Å². The number of carboxylic acids is 2. The van der Waals surface area contributed by atoms with Gasteiger partial charge in [0.05, 0.1) is 142 Å². The number of ether oxygens (including phenoxy) is 15. The fourth-order valence-electron chi connectivity index (χ4n) is 19.7. The van der Waals surface area contributed by atoms with Gasteiger partial charge in [0, 0.05) is 37.8 Å². The van der Waals surface area contributed by atoms with Gasteiger partial charge in [-0.15, -0.1) is 10.2 Å². The summed E-state index contributed by atoms with van der Waals surface area (Å²) in [6.45, 7) is 2.81. The molecule has 0 aromatic carbocycles. The van der Waals surface area contributed by atoms with Gasteiger partial charge in [0.15, 0.2) is 49.6 Å². The molecule has 2 aromatic rings. The van der Waals surface area contributed by atoms with Crippen LogP contribution in [0.2, 0.25) is 0 Å². The number of carbonyl (C=O) groups excluding carboxylic acids is 6. The Kier molecular flexibility index (Phi) is 49.2. The number of hydrogen-bond donors (Lipinski definition) is 22. The Balaban J connectivity index is 0.694. The molecule has 8 aliphatic rings. The van der Waals surface area contributed by atoms with Gasteiger partial charge in [-0.1, -0.05) is 101 Å². The molecule has 4 amide bonds. The summed E-state index contributed by atoms with van der Waals surface area (Å²) in [5.41, 5.74) is 0.596. The summed E-state index contributed by atoms with van der Waals surface area (Å²) in [6, 6.07) is -3.18. The van der Waals surface area contributed by atoms with Gasteiger partial charge >= 0.3 is 11.9 Å². The van der Waals surface area contributed by atoms with Crippen LogP contribution in [0.3, 0.4) is 0 Å². The first-order chi connectivity index (χ1) is 68.6. The Morgan fingerprint density at radius 3 is 1.13 bits per heavy atom. The van der Waals surface area contributed by atoms with Crippen LogP contribution in [0, 0.1) is 35.5 Å². The third-order valence-corrected chi connectivity index (χ3v) is 28.0. The van der Waals surface area contributed by atoms with E-state index < -0.39 is 282 Å². The Morgan fingerprint density at radius 2 is 0.797 bits per heavy atom. The average Bonchev–Trinajstić information content (AvgIpc) is 0.939. The van der Waals surface area contributed by atoms with E-state index in [-0.39, 0.29) is 167 Å². The van der Waals surface area contributed by atoms with Crippen LogP contribution in [0.5, 0.6) is 0 Å². The SMILES string of the molecule is CCC1CC(C(=O)CCCNC(=O)[C@@H](O)[C@H](O)CO)C[C@@H](O[C@@H]2O[C@@H](CO)[C@H](O)C(O[C@@H](CC3CCCCC3)C(=O)O)C2NC(=O)Cn2cc(COCCOCCOCCOCCOCc3cn(CC(=O)NC4C(O[C@@H](CC5CCCCC5)C(=O)O)[C@@H](O)[C@H](CO)O[C@H]4O[C@@H]4CC(C(=O)CCCNC(=O)[C@@H](O)[C@H](O)CO)CC(CC)[C@H]4O[C@@H]4OC(C)[C@@H](O)[C@H](O)C4O)nn3)nn2)[C@@H]1O[C@@H]1OC(C)[C@@H](O)[C@H](O)C1O. The fraction of sp³-hybridized carbons (Fsp3) is 0.870. The van der Waals surface area contributed by atoms with Crippen molar-refractivity contribution in [2.75, 3.05) is 92.4 Å². The number of carboxylic acid groups (broad SMARTS) is 2. The molecule has 51 nitrogen and oxygen atoms in total. The summed E-state index contributed by atoms with van der Waals surface area (Å²) < 4.78 is 94.7. The van der Waals surface area contributed by atoms with E-state index in [1.165, 1.54) is 35.6 Å². The Bertz CT molecular complexity index is 3890. The maximum Gasteiger partial charge on any atom is 0.332 e. The highest BCUT2D eigenvalue weighted by Gasteiger charge is 2.57. The van der Waals surface area contributed by atoms with Gasteiger partial charge in [0.25, 0.3) is 11.8 Å². The molecule has 4 aliphatic carbocycles. The molecule has 10 rings (SSSR count). The van der Waals surface area contributed by atoms with E-state index >= 15 is 0 Å². The zero-order chi connectivity index (χ0) is 104. The fourth-order valence-corrected chi connectivity index (χ4v) is 19.7. The topological polar surface area (TPSA) is 749 Å². The lowest BCUT2D eigenvalue weighted by Gasteiger charge is -2.49. The summed E-state index contributed by atoms with van der Waals surface area (Å²) in [6.07, 6.45) is -32.1. The van der Waals surface area contributed by atoms with Crippen LogP contribution in [0.1, 0.15) is 180 Å². The molecule has 816 valence electrons. The summed E-state index contributed by atoms with van der Waals surface area (Å²) in [7, 11) is 0. The van der Waals surface area contributed by atoms with Crippen LogP contribution in [-0.2, 0) is 136 Å². The summed E-state index contributed by atoms with van der Waals surface area (Å²) in [4.78, 5) is 109. The molecule has 0 bridgehead atoms. The van der Waals surface area contributed by atoms with Crippen molar-refractivity contribution in [2.24, 2.45) is 35.5 Å². The number of ketones is 2. The highest BCUT2D eigenvalue weighted by atomic mass is 16.8. The van der Waals surface area contributed by atoms with Crippen LogP contribution < -0.4 is 21.3 Å². The van der Waals surface area contributed by atoms with Crippen molar-refractivity contribution in [3.8, 4) is 0 Å². The number of amides is 4. The van der Waals surface area contributed by atoms with Crippen molar-refractivity contribution in [1.82, 2.24) is 51.3 Å². The van der Waals surface area contributed by atoms with Gasteiger partial charge in [-0.2, -0.15) is 0 Å². The van der Waals surface area contributed by atoms with Crippen LogP contribution in [-0.4, -0.2) is 445 Å². The van der Waals surface area contributed by atoms with Crippen LogP contribution in [0.15, 0.2) is 12.4 Å². The maximum absolute atomic E-state index is 14.5. The molecule has 143 heavy (non-hydrogen) atoms. The number of aromatic nitrogens is 6. The van der Waals surface area contributed by atoms with Gasteiger partial charge in [-0.05, 0) is 88.9 Å². The zero-order valence-electron chi connectivity index (χ0n) is 81.3. The second-order valence-electron chi connectivity index (χ2n) is 38.4. The average molecular weight is 2050 g/mol. The molecule has 34 atom stereocenters. The molecule has 0 spiro atoms. The van der Waals surface area contributed by atoms with Crippen molar-refractivity contribution in [1.29, 1.82) is 0 Å². The lowest BCUT2D eigenvalue weighted by Crippen LogP contribution is -2.67. The summed E-state index contributed by atoms with van der Waals surface area (Å²) >= 11 is 0. The van der Waals surface area contributed by atoms with E-state index in [0.717, 1.165) is 38.5 Å². The first-order valence-electron chi connectivity index (χ1n) is 50.0. The number of hydrogen-bond acceptors (Lipinski definition) is 43. The van der Waals surface area contributed by atoms with Crippen molar-refractivity contribution >= 4 is 47.1 Å². The van der Waals surface area contributed by atoms with E-state index in [0.29, 0.717) is 49.9 Å². The second-order valence-corrected chi connectivity index (χ2v) is 38.4. The number of rotatable bonds is 60. The minimum Gasteiger partial charge on any atom is -0.479 e. The molecular formula is C92H152N10O41. The van der Waals surface area contributed by atoms with E-state index in [1.54, 1.807) is 13.8 Å². The van der Waals surface area contributed by atoms with E-state index in [2.05, 4.69) is 41.9 Å². The van der Waals surface area contributed by atoms with Crippen molar-refractivity contribution < 1.29 is 201 Å². The second kappa shape index (κ2) is 59.6. The smallest absolute Gasteiger partial charge is 0.332 e. The number of carbonyl (C=O) groups is 8. The number of Topliss-reactive ketones (excluding diaryl/α,β-unsaturated/α-hetero) is 2. The quantitative estimate of drug-likeness (QED) is 0.0274. The molecule has 4 saturated heterocycles. The third kappa shape index (κ3) is 34.6. The van der Waals surface area contributed by atoms with Crippen LogP contribution in [0.4, 0.5) is 0 Å². The maximum atomic E-state index is 14.5. The normalized spacial score (nSPS) is 32.9. The highest BCUT2D eigenvalue weighted by Crippen LogP contribution is 2.44. The van der Waals surface area contributed by atoms with Gasteiger partial charge in [-0.3, -0.25) is 28.8 Å². The molecule has 4 saturated carbocycles. The molecular weight excluding hydrogens is 1900 g/mol. The minimum absolute atomic E-state index is 0.0357. The van der Waals surface area contributed by atoms with Crippen molar-refractivity contribution in [2.45, 2.75) is 379 Å². The predicted octanol–water partition coefficient (Wildman–Crippen LogP) is -6.18. The first kappa shape index (κ1) is 118. The first-order valence-corrected chi connectivity index (χ1v) is 50.0. The molecule has 8 fully saturated rings. The van der Waals surface area contributed by atoms with Crippen LogP contribution in [0.25, 0.3) is 0 Å². The van der Waals surface area contributed by atoms with E-state index in [4.69, 9.17) is 71.1 Å². The molecule has 4 aliphatic heterocycles. The highest BCUT2D eigenvalue weighted by molar-refractivity contribution is 5.83. The van der Waals surface area contributed by atoms with Gasteiger partial charge in [0.2, 0.25) is 11.8 Å². The van der Waals surface area contributed by atoms with Crippen molar-refractivity contribution in [3.05, 3.63) is 23.8 Å². The van der Waals surface area contributed by atoms with Gasteiger partial charge in [-0.25, -0.2) is 19.0 Å². The minimum atomic E-state index is -1.93. The summed E-state index contributed by atoms with van der Waals surface area (Å²) in [5, 5.41) is 217. The summed E-state index contributed by atoms with van der Waals surface area (Å²) in [5.74, 6) is -9.78. The molecule has 51 heteroatoms. The third-order valence-electron chi connectivity index (χ3n) is 28.0. The number of aliphatic hydroxyl groups is 16. The van der Waals surface area contributed by atoms with Crippen LogP contribution >= 0.6 is 0 Å². The molecule has 22 N–H and O–H groups in total. The number of nitrogens with one attached hydrogen (secondary N) is 4. The monoisotopic (exact) mass is 2050 g/mol. The Morgan fingerprint density at radius 1 is 0.441 bits per heavy atom. The number of nitrogens with zero attached hydrogens (tertiary/aromatic N) is 6. The standard InChI is InChI=1S/C92H152N10O41/c1-5-51-33-53(57(107)19-13-21-93-85(123)73(115)59(109)41-103)35-61(81(51)142-91-79(121)77(119)71(113)47(3)134-91)138-89-69(83(75(117)65(43-105)140-89)136-63(87(125)126)31-49-15-9-7-10-16-49)95-67(111)39-101-37-55(97-99-101)45-132-29-27-130-25-23-129-24-26-131-28-30-133-46-56-38-102(100-98-56)40-68(112)96-70-84(137-64(88(127)128)32-50-17-11-8-12-18-50)76(118)66(44-106)141-90(70)139-62-36-54(58(108)20-14-22-94-86(124)74(116)60(110)42-104)34-52(6-2)82(62)143-92-80(122)78(120)72(114)48(4)135-92/h37-38,47-54,59-66,69-84,89-92,103-106,109-110,113-122H,5-36,39-46H2,1-4H3,(H,93,123)(H,94,124)(H,95,111)(H,96,112)(H,125,126)(H,127,128)/t47?,48?,51?,52?,53?,54?,59-,60-,61-,62-,63+,64+,65+,66+,69?,70?,71-,72-,73+,74+,75+,76+,77+,78+,79?,80?,81-,82-,83?,84?,89-,90-,91+,92+/m1/s1. The number of aliphatic carboxylic acids is 2. The van der Waals surface area contributed by atoms with E-state index in [1.807, 2.05) is 0 Å².